The van der Waals surface area contributed by atoms with Gasteiger partial charge in [0.25, 0.3) is 5.69 Å². The van der Waals surface area contributed by atoms with Crippen molar-refractivity contribution in [1.82, 2.24) is 5.06 Å². The number of amides is 1. The molecule has 2 aromatic carbocycles. The smallest absolute Gasteiger partial charge is 0.433 e. The topological polar surface area (TPSA) is 102 Å². The first kappa shape index (κ1) is 22.2. The van der Waals surface area contributed by atoms with Gasteiger partial charge in [0.15, 0.2) is 0 Å². The lowest BCUT2D eigenvalue weighted by molar-refractivity contribution is -0.385. The number of hydrogen-bond acceptors (Lipinski definition) is 6. The number of alkyl halides is 3. The van der Waals surface area contributed by atoms with Gasteiger partial charge in [0.05, 0.1) is 22.1 Å². The van der Waals surface area contributed by atoms with Crippen LogP contribution >= 0.6 is 11.6 Å². The molecule has 12 heteroatoms. The summed E-state index contributed by atoms with van der Waals surface area (Å²) in [6.45, 7) is -0.269. The summed E-state index contributed by atoms with van der Waals surface area (Å²) in [7, 11) is 1.05. The van der Waals surface area contributed by atoms with E-state index in [9.17, 15) is 28.1 Å². The third-order valence-corrected chi connectivity index (χ3v) is 3.89. The predicted octanol–water partition coefficient (Wildman–Crippen LogP) is 5.06. The summed E-state index contributed by atoms with van der Waals surface area (Å²) in [6.07, 6.45) is -5.69. The van der Waals surface area contributed by atoms with Crippen LogP contribution in [0.2, 0.25) is 5.02 Å². The molecule has 0 aromatic heterocycles. The van der Waals surface area contributed by atoms with Crippen LogP contribution in [0.15, 0.2) is 36.4 Å². The Morgan fingerprint density at radius 2 is 1.97 bits per heavy atom. The largest absolute Gasteiger partial charge is 0.456 e. The van der Waals surface area contributed by atoms with Crippen molar-refractivity contribution in [3.05, 3.63) is 62.7 Å². The van der Waals surface area contributed by atoms with Gasteiger partial charge in [-0.3, -0.25) is 15.3 Å². The van der Waals surface area contributed by atoms with Crippen molar-refractivity contribution in [1.29, 1.82) is 0 Å². The molecule has 0 bridgehead atoms. The fourth-order valence-corrected chi connectivity index (χ4v) is 2.45. The first-order valence-corrected chi connectivity index (χ1v) is 8.28. The van der Waals surface area contributed by atoms with E-state index in [1.807, 2.05) is 0 Å². The van der Waals surface area contributed by atoms with Crippen molar-refractivity contribution in [3.63, 3.8) is 0 Å². The average molecular weight is 435 g/mol. The van der Waals surface area contributed by atoms with E-state index in [1.54, 1.807) is 0 Å². The minimum absolute atomic E-state index is 0.0756. The minimum Gasteiger partial charge on any atom is -0.456 e. The number of carbonyl (C=O) groups is 1. The molecule has 0 radical (unpaired) electrons. The van der Waals surface area contributed by atoms with E-state index in [2.05, 4.69) is 0 Å². The third kappa shape index (κ3) is 5.96. The zero-order valence-electron chi connectivity index (χ0n) is 14.8. The van der Waals surface area contributed by atoms with E-state index >= 15 is 0 Å². The SMILES string of the molecule is CN(O)C(=O)OCCc1cc(Oc2ccc(C(F)(F)F)cc2Cl)ccc1[N+](=O)[O-]. The molecule has 0 heterocycles. The number of carbonyl (C=O) groups excluding carboxylic acids is 1. The Morgan fingerprint density at radius 3 is 2.52 bits per heavy atom. The highest BCUT2D eigenvalue weighted by molar-refractivity contribution is 6.32. The molecule has 0 atom stereocenters. The van der Waals surface area contributed by atoms with Gasteiger partial charge in [-0.2, -0.15) is 18.2 Å². The molecule has 0 aliphatic heterocycles. The van der Waals surface area contributed by atoms with Gasteiger partial charge in [-0.25, -0.2) is 4.79 Å². The van der Waals surface area contributed by atoms with Crippen LogP contribution in [0.25, 0.3) is 0 Å². The zero-order valence-corrected chi connectivity index (χ0v) is 15.5. The number of rotatable bonds is 6. The van der Waals surface area contributed by atoms with Gasteiger partial charge in [-0.05, 0) is 30.3 Å². The molecular weight excluding hydrogens is 421 g/mol. The highest BCUT2D eigenvalue weighted by Gasteiger charge is 2.31. The van der Waals surface area contributed by atoms with Gasteiger partial charge in [0, 0.05) is 25.1 Å². The standard InChI is InChI=1S/C17H14ClF3N2O6/c1-22(25)16(24)28-7-6-10-8-12(3-4-14(10)23(26)27)29-15-5-2-11(9-13(15)18)17(19,20)21/h2-5,8-9,25H,6-7H2,1H3. The predicted molar refractivity (Wildman–Crippen MR) is 94.2 cm³/mol. The average Bonchev–Trinajstić information content (AvgIpc) is 2.62. The van der Waals surface area contributed by atoms with Gasteiger partial charge in [-0.1, -0.05) is 11.6 Å². The number of hydrogen-bond donors (Lipinski definition) is 1. The van der Waals surface area contributed by atoms with Gasteiger partial charge in [-0.15, -0.1) is 0 Å². The second-order valence-electron chi connectivity index (χ2n) is 5.68. The van der Waals surface area contributed by atoms with Gasteiger partial charge >= 0.3 is 12.3 Å². The zero-order chi connectivity index (χ0) is 21.8. The summed E-state index contributed by atoms with van der Waals surface area (Å²) in [5.74, 6) is 0.00524. The summed E-state index contributed by atoms with van der Waals surface area (Å²) in [5, 5.41) is 20.0. The Morgan fingerprint density at radius 1 is 1.28 bits per heavy atom. The molecule has 2 aromatic rings. The van der Waals surface area contributed by atoms with E-state index in [4.69, 9.17) is 26.3 Å². The summed E-state index contributed by atoms with van der Waals surface area (Å²) in [5.41, 5.74) is -1.08. The molecule has 1 N–H and O–H groups in total. The summed E-state index contributed by atoms with van der Waals surface area (Å²) < 4.78 is 48.3. The first-order valence-electron chi connectivity index (χ1n) is 7.90. The van der Waals surface area contributed by atoms with Crippen molar-refractivity contribution < 1.29 is 37.6 Å². The van der Waals surface area contributed by atoms with Crippen molar-refractivity contribution in [3.8, 4) is 11.5 Å². The van der Waals surface area contributed by atoms with Crippen molar-refractivity contribution in [2.45, 2.75) is 12.6 Å². The molecule has 0 saturated heterocycles. The Hall–Kier alpha value is -3.05. The second kappa shape index (κ2) is 8.97. The molecule has 0 fully saturated rings. The Balaban J connectivity index is 2.21. The van der Waals surface area contributed by atoms with E-state index < -0.39 is 22.8 Å². The van der Waals surface area contributed by atoms with Crippen LogP contribution in [0.5, 0.6) is 11.5 Å². The normalized spacial score (nSPS) is 11.1. The van der Waals surface area contributed by atoms with Crippen molar-refractivity contribution in [2.75, 3.05) is 13.7 Å². The molecule has 0 aliphatic carbocycles. The number of halogens is 4. The fourth-order valence-electron chi connectivity index (χ4n) is 2.23. The molecule has 2 rings (SSSR count). The van der Waals surface area contributed by atoms with E-state index in [1.165, 1.54) is 12.1 Å². The summed E-state index contributed by atoms with van der Waals surface area (Å²) in [6, 6.07) is 6.20. The van der Waals surface area contributed by atoms with E-state index in [0.29, 0.717) is 6.07 Å². The van der Waals surface area contributed by atoms with Crippen LogP contribution < -0.4 is 4.74 Å². The van der Waals surface area contributed by atoms with Crippen LogP contribution in [0.1, 0.15) is 11.1 Å². The van der Waals surface area contributed by atoms with Gasteiger partial charge in [0.1, 0.15) is 11.5 Å². The number of ether oxygens (including phenoxy) is 2. The third-order valence-electron chi connectivity index (χ3n) is 3.60. The summed E-state index contributed by atoms with van der Waals surface area (Å²) >= 11 is 5.84. The Bertz CT molecular complexity index is 921. The molecule has 0 saturated carbocycles. The molecule has 0 unspecified atom stereocenters. The lowest BCUT2D eigenvalue weighted by Gasteiger charge is -2.12. The maximum absolute atomic E-state index is 12.7. The number of nitro groups is 1. The maximum atomic E-state index is 12.7. The van der Waals surface area contributed by atoms with Crippen LogP contribution in [0.4, 0.5) is 23.7 Å². The van der Waals surface area contributed by atoms with Crippen molar-refractivity contribution in [2.24, 2.45) is 0 Å². The highest BCUT2D eigenvalue weighted by Crippen LogP contribution is 2.37. The van der Waals surface area contributed by atoms with Gasteiger partial charge < -0.3 is 9.47 Å². The van der Waals surface area contributed by atoms with Crippen molar-refractivity contribution >= 4 is 23.4 Å². The molecule has 1 amide bonds. The molecular formula is C17H14ClF3N2O6. The van der Waals surface area contributed by atoms with Crippen LogP contribution in [0.3, 0.4) is 0 Å². The maximum Gasteiger partial charge on any atom is 0.433 e. The molecule has 8 nitrogen and oxygen atoms in total. The Kier molecular flexibility index (Phi) is 6.88. The number of nitro benzene ring substituents is 1. The van der Waals surface area contributed by atoms with E-state index in [-0.39, 0.29) is 45.9 Å². The molecule has 156 valence electrons. The number of hydroxylamine groups is 2. The van der Waals surface area contributed by atoms with Crippen LogP contribution in [-0.2, 0) is 17.3 Å². The minimum atomic E-state index is -4.57. The van der Waals surface area contributed by atoms with Gasteiger partial charge in [0.2, 0.25) is 0 Å². The summed E-state index contributed by atoms with van der Waals surface area (Å²) in [4.78, 5) is 21.7. The monoisotopic (exact) mass is 434 g/mol. The Labute approximate surface area is 167 Å². The molecule has 0 aliphatic rings. The molecule has 0 spiro atoms. The number of nitrogens with zero attached hydrogens (tertiary/aromatic N) is 2. The first-order chi connectivity index (χ1) is 13.5. The fraction of sp³-hybridized carbons (Fsp3) is 0.235. The van der Waals surface area contributed by atoms with E-state index in [0.717, 1.165) is 25.2 Å². The molecule has 29 heavy (non-hydrogen) atoms. The quantitative estimate of drug-likeness (QED) is 0.387. The number of benzene rings is 2. The highest BCUT2D eigenvalue weighted by atomic mass is 35.5. The second-order valence-corrected chi connectivity index (χ2v) is 6.09. The lowest BCUT2D eigenvalue weighted by atomic mass is 10.1. The lowest BCUT2D eigenvalue weighted by Crippen LogP contribution is -2.24. The van der Waals surface area contributed by atoms with Crippen LogP contribution in [-0.4, -0.2) is 34.9 Å². The van der Waals surface area contributed by atoms with Crippen LogP contribution in [0, 0.1) is 10.1 Å².